The Bertz CT molecular complexity index is 1250. The van der Waals surface area contributed by atoms with Gasteiger partial charge in [0.25, 0.3) is 11.8 Å². The van der Waals surface area contributed by atoms with Gasteiger partial charge in [-0.25, -0.2) is 4.90 Å². The second-order valence-corrected chi connectivity index (χ2v) is 9.44. The quantitative estimate of drug-likeness (QED) is 0.360. The molecule has 190 valence electrons. The van der Waals surface area contributed by atoms with E-state index in [0.29, 0.717) is 29.8 Å². The molecule has 1 N–H and O–H groups in total. The zero-order chi connectivity index (χ0) is 25.9. The van der Waals surface area contributed by atoms with Crippen molar-refractivity contribution in [2.24, 2.45) is 0 Å². The number of aliphatic hydroxyl groups is 1. The van der Waals surface area contributed by atoms with Crippen LogP contribution >= 0.6 is 0 Å². The van der Waals surface area contributed by atoms with E-state index in [9.17, 15) is 14.7 Å². The predicted molar refractivity (Wildman–Crippen MR) is 140 cm³/mol. The van der Waals surface area contributed by atoms with Crippen LogP contribution in [0.2, 0.25) is 0 Å². The minimum Gasteiger partial charge on any atom is -0.392 e. The highest BCUT2D eigenvalue weighted by atomic mass is 16.7. The van der Waals surface area contributed by atoms with E-state index in [1.807, 2.05) is 49.5 Å². The second kappa shape index (κ2) is 10.8. The van der Waals surface area contributed by atoms with E-state index >= 15 is 0 Å². The molecule has 1 fully saturated rings. The molecule has 0 aromatic heterocycles. The number of anilines is 1. The molecule has 0 bridgehead atoms. The summed E-state index contributed by atoms with van der Waals surface area (Å²) in [5.41, 5.74) is 4.00. The van der Waals surface area contributed by atoms with Gasteiger partial charge in [0.1, 0.15) is 0 Å². The van der Waals surface area contributed by atoms with Crippen LogP contribution in [0.3, 0.4) is 0 Å². The molecule has 3 unspecified atom stereocenters. The van der Waals surface area contributed by atoms with Gasteiger partial charge in [0.15, 0.2) is 6.29 Å². The van der Waals surface area contributed by atoms with Crippen molar-refractivity contribution in [3.63, 3.8) is 0 Å². The van der Waals surface area contributed by atoms with Crippen LogP contribution in [-0.2, 0) is 16.1 Å². The number of carbonyl (C=O) groups excluding carboxylic acids is 2. The third-order valence-electron chi connectivity index (χ3n) is 6.79. The van der Waals surface area contributed by atoms with Gasteiger partial charge in [-0.15, -0.1) is 6.58 Å². The Morgan fingerprint density at radius 1 is 0.946 bits per heavy atom. The van der Waals surface area contributed by atoms with Crippen LogP contribution in [0.25, 0.3) is 0 Å². The molecule has 2 amide bonds. The van der Waals surface area contributed by atoms with Crippen molar-refractivity contribution in [3.05, 3.63) is 113 Å². The molecule has 5 rings (SSSR count). The summed E-state index contributed by atoms with van der Waals surface area (Å²) in [4.78, 5) is 29.1. The maximum absolute atomic E-state index is 12.9. The van der Waals surface area contributed by atoms with Gasteiger partial charge in [-0.1, -0.05) is 54.6 Å². The molecule has 3 aromatic rings. The van der Waals surface area contributed by atoms with Crippen LogP contribution in [0.5, 0.6) is 0 Å². The van der Waals surface area contributed by atoms with Crippen LogP contribution in [0.4, 0.5) is 5.69 Å². The molecular formula is C30H30N2O5. The number of fused-ring (bicyclic) bond motifs is 1. The maximum atomic E-state index is 12.9. The van der Waals surface area contributed by atoms with Crippen LogP contribution in [0.15, 0.2) is 85.5 Å². The zero-order valence-electron chi connectivity index (χ0n) is 20.7. The molecule has 3 atom stereocenters. The van der Waals surface area contributed by atoms with Gasteiger partial charge in [0.2, 0.25) is 0 Å². The van der Waals surface area contributed by atoms with Crippen LogP contribution in [0, 0.1) is 0 Å². The average Bonchev–Trinajstić information content (AvgIpc) is 3.18. The summed E-state index contributed by atoms with van der Waals surface area (Å²) in [5, 5.41) is 9.40. The summed E-state index contributed by atoms with van der Waals surface area (Å²) in [6.45, 7) is 5.27. The first kappa shape index (κ1) is 25.0. The van der Waals surface area contributed by atoms with Crippen molar-refractivity contribution in [2.75, 3.05) is 25.0 Å². The molecule has 0 saturated carbocycles. The number of nitrogens with zero attached hydrogens (tertiary/aromatic N) is 2. The van der Waals surface area contributed by atoms with Gasteiger partial charge in [-0.3, -0.25) is 9.59 Å². The Balaban J connectivity index is 1.37. The molecule has 0 radical (unpaired) electrons. The Labute approximate surface area is 216 Å². The summed E-state index contributed by atoms with van der Waals surface area (Å²) in [6.07, 6.45) is 1.66. The number of imide groups is 1. The molecular weight excluding hydrogens is 468 g/mol. The number of carbonyl (C=O) groups is 2. The lowest BCUT2D eigenvalue weighted by Gasteiger charge is -2.37. The summed E-state index contributed by atoms with van der Waals surface area (Å²) in [6, 6.07) is 21.8. The van der Waals surface area contributed by atoms with Crippen molar-refractivity contribution in [1.29, 1.82) is 0 Å². The number of aliphatic hydroxyl groups excluding tert-OH is 1. The van der Waals surface area contributed by atoms with E-state index in [2.05, 4.69) is 11.5 Å². The number of likely N-dealkylation sites (N-methyl/N-ethyl adjacent to an activating group) is 1. The minimum absolute atomic E-state index is 0.00797. The lowest BCUT2D eigenvalue weighted by Crippen LogP contribution is -2.37. The third-order valence-corrected chi connectivity index (χ3v) is 6.79. The Morgan fingerprint density at radius 2 is 1.57 bits per heavy atom. The molecule has 2 aliphatic heterocycles. The van der Waals surface area contributed by atoms with Crippen LogP contribution in [-0.4, -0.2) is 48.1 Å². The first-order valence-electron chi connectivity index (χ1n) is 12.4. The number of benzene rings is 3. The SMILES string of the molecule is C=CCN(C)CC1CC(c2ccc(CO)cc2)OC(c2ccc(N3C(=O)c4ccccc4C3=O)cc2)O1. The highest BCUT2D eigenvalue weighted by Gasteiger charge is 2.37. The van der Waals surface area contributed by atoms with Gasteiger partial charge in [0, 0.05) is 25.1 Å². The number of amides is 2. The molecule has 7 nitrogen and oxygen atoms in total. The third kappa shape index (κ3) is 5.12. The van der Waals surface area contributed by atoms with E-state index in [1.165, 1.54) is 4.90 Å². The maximum Gasteiger partial charge on any atom is 0.266 e. The van der Waals surface area contributed by atoms with Gasteiger partial charge in [-0.2, -0.15) is 0 Å². The molecule has 0 spiro atoms. The first-order chi connectivity index (χ1) is 18.0. The summed E-state index contributed by atoms with van der Waals surface area (Å²) in [7, 11) is 2.03. The van der Waals surface area contributed by atoms with Gasteiger partial charge >= 0.3 is 0 Å². The van der Waals surface area contributed by atoms with Crippen molar-refractivity contribution < 1.29 is 24.2 Å². The normalized spacial score (nSPS) is 21.4. The summed E-state index contributed by atoms with van der Waals surface area (Å²) < 4.78 is 12.7. The monoisotopic (exact) mass is 498 g/mol. The Kier molecular flexibility index (Phi) is 7.30. The number of hydrogen-bond acceptors (Lipinski definition) is 6. The lowest BCUT2D eigenvalue weighted by atomic mass is 9.99. The van der Waals surface area contributed by atoms with E-state index in [0.717, 1.165) is 23.2 Å². The molecule has 37 heavy (non-hydrogen) atoms. The fourth-order valence-corrected chi connectivity index (χ4v) is 4.88. The van der Waals surface area contributed by atoms with Crippen LogP contribution < -0.4 is 4.90 Å². The predicted octanol–water partition coefficient (Wildman–Crippen LogP) is 4.64. The van der Waals surface area contributed by atoms with E-state index < -0.39 is 6.29 Å². The fraction of sp³-hybridized carbons (Fsp3) is 0.267. The second-order valence-electron chi connectivity index (χ2n) is 9.44. The topological polar surface area (TPSA) is 79.3 Å². The fourth-order valence-electron chi connectivity index (χ4n) is 4.88. The lowest BCUT2D eigenvalue weighted by molar-refractivity contribution is -0.252. The van der Waals surface area contributed by atoms with Crippen molar-refractivity contribution in [3.8, 4) is 0 Å². The van der Waals surface area contributed by atoms with Crippen molar-refractivity contribution in [1.82, 2.24) is 4.90 Å². The van der Waals surface area contributed by atoms with E-state index in [4.69, 9.17) is 9.47 Å². The summed E-state index contributed by atoms with van der Waals surface area (Å²) in [5.74, 6) is -0.648. The van der Waals surface area contributed by atoms with E-state index in [1.54, 1.807) is 36.4 Å². The zero-order valence-corrected chi connectivity index (χ0v) is 20.7. The number of rotatable bonds is 8. The molecule has 1 saturated heterocycles. The van der Waals surface area contributed by atoms with E-state index in [-0.39, 0.29) is 30.6 Å². The molecule has 3 aromatic carbocycles. The molecule has 2 heterocycles. The smallest absolute Gasteiger partial charge is 0.266 e. The molecule has 0 aliphatic carbocycles. The summed E-state index contributed by atoms with van der Waals surface area (Å²) >= 11 is 0. The standard InChI is InChI=1S/C30H30N2O5/c1-3-16-31(2)18-24-17-27(21-10-8-20(19-33)9-11-21)37-30(36-24)22-12-14-23(15-13-22)32-28(34)25-6-4-5-7-26(25)29(32)35/h3-15,24,27,30,33H,1,16-19H2,2H3. The number of ether oxygens (including phenoxy) is 2. The average molecular weight is 499 g/mol. The first-order valence-corrected chi connectivity index (χ1v) is 12.4. The number of hydrogen-bond donors (Lipinski definition) is 1. The highest BCUT2D eigenvalue weighted by Crippen LogP contribution is 2.39. The van der Waals surface area contributed by atoms with Crippen LogP contribution in [0.1, 0.15) is 56.2 Å². The van der Waals surface area contributed by atoms with Gasteiger partial charge in [-0.05, 0) is 42.4 Å². The molecule has 7 heteroatoms. The highest BCUT2D eigenvalue weighted by molar-refractivity contribution is 6.34. The van der Waals surface area contributed by atoms with Crippen molar-refractivity contribution in [2.45, 2.75) is 31.5 Å². The Hall–Kier alpha value is -3.62. The van der Waals surface area contributed by atoms with Gasteiger partial charge in [0.05, 0.1) is 35.6 Å². The van der Waals surface area contributed by atoms with Gasteiger partial charge < -0.3 is 19.5 Å². The minimum atomic E-state index is -0.616. The molecule has 2 aliphatic rings. The Morgan fingerprint density at radius 3 is 2.16 bits per heavy atom. The largest absolute Gasteiger partial charge is 0.392 e. The van der Waals surface area contributed by atoms with Crippen molar-refractivity contribution >= 4 is 17.5 Å².